The molecule has 11 nitrogen and oxygen atoms in total. The lowest BCUT2D eigenvalue weighted by molar-refractivity contribution is -0.0319. The third-order valence-corrected chi connectivity index (χ3v) is 7.84. The number of rotatable bonds is 15. The highest BCUT2D eigenvalue weighted by atomic mass is 28.4. The summed E-state index contributed by atoms with van der Waals surface area (Å²) in [7, 11) is -1.59. The molecule has 0 saturated carbocycles. The molecule has 1 aromatic rings. The fourth-order valence-electron chi connectivity index (χ4n) is 3.67. The molecule has 0 aromatic heterocycles. The van der Waals surface area contributed by atoms with E-state index in [1.54, 1.807) is 7.11 Å². The van der Waals surface area contributed by atoms with Crippen LogP contribution in [0.2, 0.25) is 0 Å². The zero-order chi connectivity index (χ0) is 27.3. The summed E-state index contributed by atoms with van der Waals surface area (Å²) in [6, 6.07) is 6.00. The van der Waals surface area contributed by atoms with Gasteiger partial charge in [0.15, 0.2) is 0 Å². The average molecular weight is 562 g/mol. The van der Waals surface area contributed by atoms with E-state index < -0.39 is 9.05 Å². The van der Waals surface area contributed by atoms with Gasteiger partial charge in [-0.05, 0) is 38.5 Å². The van der Waals surface area contributed by atoms with Crippen LogP contribution in [0.5, 0.6) is 5.75 Å². The van der Waals surface area contributed by atoms with Gasteiger partial charge in [0.1, 0.15) is 12.4 Å². The normalized spacial score (nSPS) is 16.4. The fraction of sp³-hybridized carbons (Fsp3) is 0.769. The van der Waals surface area contributed by atoms with E-state index in [0.717, 1.165) is 17.0 Å². The molecule has 1 heterocycles. The van der Waals surface area contributed by atoms with Gasteiger partial charge in [-0.3, -0.25) is 0 Å². The van der Waals surface area contributed by atoms with Crippen molar-refractivity contribution in [1.29, 1.82) is 0 Å². The highest BCUT2D eigenvalue weighted by Gasteiger charge is 2.44. The SMILES string of the molecule is CCO[Si](OCC)(OCC)OCc1ccc2c(c1)N(CCOCCOC)CCOCCOCCOCCO2. The summed E-state index contributed by atoms with van der Waals surface area (Å²) in [4.78, 5) is 2.20. The molecule has 0 radical (unpaired) electrons. The van der Waals surface area contributed by atoms with Crippen LogP contribution in [0.15, 0.2) is 18.2 Å². The quantitative estimate of drug-likeness (QED) is 0.234. The van der Waals surface area contributed by atoms with Gasteiger partial charge in [0.25, 0.3) is 0 Å². The van der Waals surface area contributed by atoms with Gasteiger partial charge < -0.3 is 51.0 Å². The van der Waals surface area contributed by atoms with Gasteiger partial charge in [0.2, 0.25) is 0 Å². The Morgan fingerprint density at radius 1 is 0.763 bits per heavy atom. The Morgan fingerprint density at radius 2 is 1.39 bits per heavy atom. The lowest BCUT2D eigenvalue weighted by Crippen LogP contribution is -2.49. The number of hydrogen-bond acceptors (Lipinski definition) is 11. The Morgan fingerprint density at radius 3 is 2.03 bits per heavy atom. The summed E-state index contributed by atoms with van der Waals surface area (Å²) in [5.74, 6) is 0.753. The van der Waals surface area contributed by atoms with Crippen LogP contribution in [0.1, 0.15) is 26.3 Å². The molecule has 38 heavy (non-hydrogen) atoms. The van der Waals surface area contributed by atoms with Crippen LogP contribution >= 0.6 is 0 Å². The number of nitrogens with zero attached hydrogens (tertiary/aromatic N) is 1. The molecular formula is C26H47NO10Si. The molecule has 1 aromatic carbocycles. The Bertz CT molecular complexity index is 712. The van der Waals surface area contributed by atoms with Crippen molar-refractivity contribution in [3.63, 3.8) is 0 Å². The van der Waals surface area contributed by atoms with Crippen molar-refractivity contribution in [2.24, 2.45) is 0 Å². The van der Waals surface area contributed by atoms with Crippen molar-refractivity contribution in [3.05, 3.63) is 23.8 Å². The second-order valence-corrected chi connectivity index (χ2v) is 10.3. The van der Waals surface area contributed by atoms with Gasteiger partial charge in [-0.25, -0.2) is 0 Å². The molecular weight excluding hydrogens is 514 g/mol. The van der Waals surface area contributed by atoms with Crippen molar-refractivity contribution in [2.75, 3.05) is 111 Å². The molecule has 0 atom stereocenters. The van der Waals surface area contributed by atoms with Crippen molar-refractivity contribution in [3.8, 4) is 5.75 Å². The summed E-state index contributed by atoms with van der Waals surface area (Å²) < 4.78 is 57.7. The lowest BCUT2D eigenvalue weighted by Gasteiger charge is -2.29. The Hall–Kier alpha value is -1.32. The number of benzene rings is 1. The minimum absolute atomic E-state index is 0.272. The van der Waals surface area contributed by atoms with E-state index >= 15 is 0 Å². The van der Waals surface area contributed by atoms with E-state index in [2.05, 4.69) is 11.0 Å². The molecule has 1 aliphatic rings. The summed E-state index contributed by atoms with van der Waals surface area (Å²) >= 11 is 0. The second kappa shape index (κ2) is 20.6. The minimum Gasteiger partial charge on any atom is -0.489 e. The number of fused-ring (bicyclic) bond motifs is 1. The summed E-state index contributed by atoms with van der Waals surface area (Å²) in [5.41, 5.74) is 1.87. The first-order chi connectivity index (χ1) is 18.7. The fourth-order valence-corrected chi connectivity index (χ4v) is 5.58. The second-order valence-electron chi connectivity index (χ2n) is 8.17. The van der Waals surface area contributed by atoms with Gasteiger partial charge in [-0.1, -0.05) is 6.07 Å². The summed E-state index contributed by atoms with van der Waals surface area (Å²) in [6.07, 6.45) is 0. The van der Waals surface area contributed by atoms with Crippen molar-refractivity contribution < 1.29 is 46.1 Å². The lowest BCUT2D eigenvalue weighted by atomic mass is 10.1. The average Bonchev–Trinajstić information content (AvgIpc) is 2.92. The predicted octanol–water partition coefficient (Wildman–Crippen LogP) is 2.66. The first-order valence-electron chi connectivity index (χ1n) is 13.5. The Labute approximate surface area is 228 Å². The van der Waals surface area contributed by atoms with Gasteiger partial charge in [-0.2, -0.15) is 0 Å². The van der Waals surface area contributed by atoms with E-state index in [0.29, 0.717) is 99.0 Å². The van der Waals surface area contributed by atoms with Crippen LogP contribution in [0.4, 0.5) is 5.69 Å². The van der Waals surface area contributed by atoms with Gasteiger partial charge in [-0.15, -0.1) is 0 Å². The van der Waals surface area contributed by atoms with E-state index in [-0.39, 0.29) is 6.61 Å². The molecule has 0 amide bonds. The van der Waals surface area contributed by atoms with E-state index in [1.807, 2.05) is 32.9 Å². The molecule has 0 unspecified atom stereocenters. The molecule has 0 N–H and O–H groups in total. The third kappa shape index (κ3) is 12.7. The smallest absolute Gasteiger partial charge is 0.489 e. The highest BCUT2D eigenvalue weighted by Crippen LogP contribution is 2.31. The van der Waals surface area contributed by atoms with Gasteiger partial charge >= 0.3 is 9.05 Å². The molecule has 0 saturated heterocycles. The Balaban J connectivity index is 2.24. The first-order valence-corrected chi connectivity index (χ1v) is 15.2. The highest BCUT2D eigenvalue weighted by molar-refractivity contribution is 6.53. The molecule has 1 aliphatic heterocycles. The maximum Gasteiger partial charge on any atom is 0.679 e. The minimum atomic E-state index is -3.25. The van der Waals surface area contributed by atoms with Gasteiger partial charge in [0.05, 0.1) is 71.8 Å². The third-order valence-electron chi connectivity index (χ3n) is 5.42. The van der Waals surface area contributed by atoms with E-state index in [1.165, 1.54) is 0 Å². The van der Waals surface area contributed by atoms with Crippen LogP contribution < -0.4 is 9.64 Å². The number of anilines is 1. The number of ether oxygens (including phenoxy) is 6. The molecule has 220 valence electrons. The standard InChI is InChI=1S/C26H47NO10Si/c1-5-34-38(35-6-2,36-7-3)37-23-24-8-9-26-25(22-24)27(10-12-29-15-14-28-4)11-13-30-16-17-31-18-19-32-20-21-33-26/h8-9,22H,5-7,10-21,23H2,1-4H3. The number of hydrogen-bond donors (Lipinski definition) is 0. The van der Waals surface area contributed by atoms with Crippen LogP contribution in [0.3, 0.4) is 0 Å². The molecule has 0 fully saturated rings. The molecule has 0 bridgehead atoms. The van der Waals surface area contributed by atoms with Crippen molar-refractivity contribution in [2.45, 2.75) is 27.4 Å². The zero-order valence-corrected chi connectivity index (χ0v) is 24.6. The summed E-state index contributed by atoms with van der Waals surface area (Å²) in [6.45, 7) is 13.7. The van der Waals surface area contributed by atoms with Crippen LogP contribution in [-0.2, 0) is 48.0 Å². The maximum absolute atomic E-state index is 6.19. The van der Waals surface area contributed by atoms with Crippen LogP contribution in [-0.4, -0.2) is 115 Å². The Kier molecular flexibility index (Phi) is 17.8. The number of methoxy groups -OCH3 is 1. The molecule has 0 spiro atoms. The zero-order valence-electron chi connectivity index (χ0n) is 23.6. The molecule has 0 aliphatic carbocycles. The predicted molar refractivity (Wildman–Crippen MR) is 145 cm³/mol. The molecule has 2 rings (SSSR count). The molecule has 12 heteroatoms. The van der Waals surface area contributed by atoms with E-state index in [9.17, 15) is 0 Å². The largest absolute Gasteiger partial charge is 0.679 e. The first kappa shape index (κ1) is 32.9. The van der Waals surface area contributed by atoms with E-state index in [4.69, 9.17) is 46.1 Å². The maximum atomic E-state index is 6.19. The van der Waals surface area contributed by atoms with Crippen LogP contribution in [0, 0.1) is 0 Å². The van der Waals surface area contributed by atoms with Gasteiger partial charge in [0, 0.05) is 40.0 Å². The monoisotopic (exact) mass is 561 g/mol. The van der Waals surface area contributed by atoms with Crippen molar-refractivity contribution in [1.82, 2.24) is 0 Å². The summed E-state index contributed by atoms with van der Waals surface area (Å²) in [5, 5.41) is 0. The van der Waals surface area contributed by atoms with Crippen molar-refractivity contribution >= 4 is 14.7 Å². The topological polar surface area (TPSA) is 95.5 Å². The van der Waals surface area contributed by atoms with Crippen LogP contribution in [0.25, 0.3) is 0 Å².